The summed E-state index contributed by atoms with van der Waals surface area (Å²) in [6, 6.07) is 4.92. The highest BCUT2D eigenvalue weighted by Crippen LogP contribution is 2.24. The summed E-state index contributed by atoms with van der Waals surface area (Å²) in [6.07, 6.45) is 4.77. The minimum atomic E-state index is -0.424. The maximum Gasteiger partial charge on any atom is 0.170 e. The summed E-state index contributed by atoms with van der Waals surface area (Å²) in [4.78, 5) is 0. The van der Waals surface area contributed by atoms with Gasteiger partial charge in [-0.3, -0.25) is 0 Å². The van der Waals surface area contributed by atoms with E-state index in [1.807, 2.05) is 0 Å². The van der Waals surface area contributed by atoms with E-state index in [1.165, 1.54) is 25.0 Å². The standard InChI is InChI=1S/C14H18ClFN2S/c1-9-2-4-10(5-3-9)17-14(19)18-11-6-7-13(16)12(15)8-11/h6-10H,2-5H2,1H3,(H2,17,18,19). The maximum absolute atomic E-state index is 13.0. The molecule has 0 radical (unpaired) electrons. The van der Waals surface area contributed by atoms with Gasteiger partial charge in [-0.2, -0.15) is 0 Å². The summed E-state index contributed by atoms with van der Waals surface area (Å²) in [5.41, 5.74) is 0.702. The highest BCUT2D eigenvalue weighted by atomic mass is 35.5. The Morgan fingerprint density at radius 2 is 2.00 bits per heavy atom. The van der Waals surface area contributed by atoms with Gasteiger partial charge >= 0.3 is 0 Å². The van der Waals surface area contributed by atoms with Crippen LogP contribution in [0.3, 0.4) is 0 Å². The lowest BCUT2D eigenvalue weighted by Gasteiger charge is -2.28. The number of hydrogen-bond acceptors (Lipinski definition) is 1. The van der Waals surface area contributed by atoms with E-state index in [4.69, 9.17) is 23.8 Å². The van der Waals surface area contributed by atoms with Crippen LogP contribution in [0.2, 0.25) is 5.02 Å². The number of benzene rings is 1. The van der Waals surface area contributed by atoms with E-state index in [9.17, 15) is 4.39 Å². The van der Waals surface area contributed by atoms with Gasteiger partial charge in [-0.25, -0.2) is 4.39 Å². The Labute approximate surface area is 123 Å². The second kappa shape index (κ2) is 6.53. The zero-order chi connectivity index (χ0) is 13.8. The summed E-state index contributed by atoms with van der Waals surface area (Å²) in [7, 11) is 0. The Morgan fingerprint density at radius 1 is 1.32 bits per heavy atom. The van der Waals surface area contributed by atoms with Gasteiger partial charge in [0.1, 0.15) is 5.82 Å². The fourth-order valence-corrected chi connectivity index (χ4v) is 2.80. The number of nitrogens with one attached hydrogen (secondary N) is 2. The monoisotopic (exact) mass is 300 g/mol. The van der Waals surface area contributed by atoms with Crippen LogP contribution in [0.4, 0.5) is 10.1 Å². The predicted octanol–water partition coefficient (Wildman–Crippen LogP) is 4.34. The molecule has 0 spiro atoms. The van der Waals surface area contributed by atoms with Gasteiger partial charge in [0.2, 0.25) is 0 Å². The van der Waals surface area contributed by atoms with E-state index in [0.29, 0.717) is 16.8 Å². The van der Waals surface area contributed by atoms with Gasteiger partial charge in [-0.05, 0) is 62.0 Å². The van der Waals surface area contributed by atoms with Crippen molar-refractivity contribution in [1.29, 1.82) is 0 Å². The third-order valence-corrected chi connectivity index (χ3v) is 4.04. The molecule has 1 aromatic carbocycles. The molecule has 1 aliphatic carbocycles. The van der Waals surface area contributed by atoms with Crippen molar-refractivity contribution in [3.05, 3.63) is 29.0 Å². The lowest BCUT2D eigenvalue weighted by molar-refractivity contribution is 0.332. The number of thiocarbonyl (C=S) groups is 1. The maximum atomic E-state index is 13.0. The molecule has 1 saturated carbocycles. The van der Waals surface area contributed by atoms with Crippen LogP contribution in [-0.4, -0.2) is 11.2 Å². The Hall–Kier alpha value is -0.870. The van der Waals surface area contributed by atoms with Crippen molar-refractivity contribution >= 4 is 34.6 Å². The molecule has 1 aromatic rings. The largest absolute Gasteiger partial charge is 0.360 e. The van der Waals surface area contributed by atoms with Gasteiger partial charge in [0.15, 0.2) is 5.11 Å². The molecule has 1 aliphatic rings. The summed E-state index contributed by atoms with van der Waals surface area (Å²) >= 11 is 11.0. The molecule has 0 saturated heterocycles. The number of anilines is 1. The van der Waals surface area contributed by atoms with Crippen LogP contribution in [0.1, 0.15) is 32.6 Å². The van der Waals surface area contributed by atoms with Crippen molar-refractivity contribution in [2.24, 2.45) is 5.92 Å². The Kier molecular flexibility index (Phi) is 4.99. The lowest BCUT2D eigenvalue weighted by atomic mass is 9.87. The second-order valence-corrected chi connectivity index (χ2v) is 6.00. The fraction of sp³-hybridized carbons (Fsp3) is 0.500. The summed E-state index contributed by atoms with van der Waals surface area (Å²) in [6.45, 7) is 2.29. The van der Waals surface area contributed by atoms with Crippen LogP contribution in [0, 0.1) is 11.7 Å². The van der Waals surface area contributed by atoms with E-state index in [1.54, 1.807) is 6.07 Å². The smallest absolute Gasteiger partial charge is 0.170 e. The van der Waals surface area contributed by atoms with Crippen molar-refractivity contribution in [3.8, 4) is 0 Å². The molecule has 104 valence electrons. The molecule has 0 amide bonds. The zero-order valence-corrected chi connectivity index (χ0v) is 12.5. The van der Waals surface area contributed by atoms with E-state index in [0.717, 1.165) is 18.8 Å². The fourth-order valence-electron chi connectivity index (χ4n) is 2.33. The van der Waals surface area contributed by atoms with Gasteiger partial charge in [0.25, 0.3) is 0 Å². The van der Waals surface area contributed by atoms with E-state index >= 15 is 0 Å². The Bertz CT molecular complexity index is 459. The highest BCUT2D eigenvalue weighted by molar-refractivity contribution is 7.80. The summed E-state index contributed by atoms with van der Waals surface area (Å²) in [5, 5.41) is 7.01. The van der Waals surface area contributed by atoms with Crippen LogP contribution in [0.15, 0.2) is 18.2 Å². The number of rotatable bonds is 2. The minimum Gasteiger partial charge on any atom is -0.360 e. The van der Waals surface area contributed by atoms with Gasteiger partial charge in [-0.15, -0.1) is 0 Å². The van der Waals surface area contributed by atoms with Gasteiger partial charge in [0.05, 0.1) is 5.02 Å². The third-order valence-electron chi connectivity index (χ3n) is 3.53. The summed E-state index contributed by atoms with van der Waals surface area (Å²) < 4.78 is 13.0. The second-order valence-electron chi connectivity index (χ2n) is 5.18. The van der Waals surface area contributed by atoms with Crippen molar-refractivity contribution < 1.29 is 4.39 Å². The first-order chi connectivity index (χ1) is 9.04. The van der Waals surface area contributed by atoms with Gasteiger partial charge in [0, 0.05) is 11.7 Å². The van der Waals surface area contributed by atoms with Crippen molar-refractivity contribution in [3.63, 3.8) is 0 Å². The Morgan fingerprint density at radius 3 is 2.63 bits per heavy atom. The van der Waals surface area contributed by atoms with Crippen LogP contribution in [0.25, 0.3) is 0 Å². The Balaban J connectivity index is 1.85. The molecule has 2 rings (SSSR count). The van der Waals surface area contributed by atoms with Crippen LogP contribution in [0.5, 0.6) is 0 Å². The van der Waals surface area contributed by atoms with Crippen molar-refractivity contribution in [2.75, 3.05) is 5.32 Å². The molecular weight excluding hydrogens is 283 g/mol. The average molecular weight is 301 g/mol. The average Bonchev–Trinajstić information content (AvgIpc) is 2.37. The number of hydrogen-bond donors (Lipinski definition) is 2. The SMILES string of the molecule is CC1CCC(NC(=S)Nc2ccc(F)c(Cl)c2)CC1. The molecule has 0 bridgehead atoms. The van der Waals surface area contributed by atoms with Crippen LogP contribution in [-0.2, 0) is 0 Å². The molecule has 0 heterocycles. The normalized spacial score (nSPS) is 22.9. The van der Waals surface area contributed by atoms with E-state index in [-0.39, 0.29) is 5.02 Å². The molecule has 2 N–H and O–H groups in total. The molecule has 0 unspecified atom stereocenters. The number of halogens is 2. The molecular formula is C14H18ClFN2S. The third kappa shape index (κ3) is 4.32. The zero-order valence-electron chi connectivity index (χ0n) is 10.9. The van der Waals surface area contributed by atoms with Crippen LogP contribution < -0.4 is 10.6 Å². The molecule has 2 nitrogen and oxygen atoms in total. The quantitative estimate of drug-likeness (QED) is 0.794. The van der Waals surface area contributed by atoms with Crippen LogP contribution >= 0.6 is 23.8 Å². The lowest BCUT2D eigenvalue weighted by Crippen LogP contribution is -2.39. The predicted molar refractivity (Wildman–Crippen MR) is 82.2 cm³/mol. The van der Waals surface area contributed by atoms with Gasteiger partial charge < -0.3 is 10.6 Å². The van der Waals surface area contributed by atoms with Crippen molar-refractivity contribution in [1.82, 2.24) is 5.32 Å². The highest BCUT2D eigenvalue weighted by Gasteiger charge is 2.18. The molecule has 5 heteroatoms. The van der Waals surface area contributed by atoms with Gasteiger partial charge in [-0.1, -0.05) is 18.5 Å². The van der Waals surface area contributed by atoms with Crippen molar-refractivity contribution in [2.45, 2.75) is 38.6 Å². The topological polar surface area (TPSA) is 24.1 Å². The first-order valence-electron chi connectivity index (χ1n) is 6.57. The summed E-state index contributed by atoms with van der Waals surface area (Å²) in [5.74, 6) is 0.392. The molecule has 0 aliphatic heterocycles. The molecule has 0 atom stereocenters. The molecule has 0 aromatic heterocycles. The first kappa shape index (κ1) is 14.5. The minimum absolute atomic E-state index is 0.0966. The van der Waals surface area contributed by atoms with E-state index in [2.05, 4.69) is 17.6 Å². The molecule has 1 fully saturated rings. The molecule has 19 heavy (non-hydrogen) atoms. The van der Waals surface area contributed by atoms with E-state index < -0.39 is 5.82 Å². The first-order valence-corrected chi connectivity index (χ1v) is 7.36.